The molecule has 0 fully saturated rings. The predicted octanol–water partition coefficient (Wildman–Crippen LogP) is 3.46. The van der Waals surface area contributed by atoms with Crippen molar-refractivity contribution in [1.82, 2.24) is 9.38 Å². The van der Waals surface area contributed by atoms with Crippen LogP contribution in [0.5, 0.6) is 0 Å². The number of nitrogens with zero attached hydrogens (tertiary/aromatic N) is 2. The van der Waals surface area contributed by atoms with Crippen LogP contribution in [0.25, 0.3) is 16.9 Å². The zero-order valence-electron chi connectivity index (χ0n) is 11.3. The molecule has 0 spiro atoms. The maximum Gasteiger partial charge on any atom is 0.156 e. The number of halogens is 1. The first-order valence-corrected chi connectivity index (χ1v) is 7.01. The summed E-state index contributed by atoms with van der Waals surface area (Å²) in [5, 5.41) is 0.657. The number of imidazole rings is 1. The molecule has 0 unspecified atom stereocenters. The van der Waals surface area contributed by atoms with Crippen LogP contribution in [0, 0.1) is 6.92 Å². The fraction of sp³-hybridized carbons (Fsp3) is 0.188. The molecule has 0 amide bonds. The highest BCUT2D eigenvalue weighted by Crippen LogP contribution is 2.28. The van der Waals surface area contributed by atoms with Gasteiger partial charge in [-0.2, -0.15) is 0 Å². The molecule has 102 valence electrons. The van der Waals surface area contributed by atoms with Crippen molar-refractivity contribution in [1.29, 1.82) is 0 Å². The largest absolute Gasteiger partial charge is 0.330 e. The summed E-state index contributed by atoms with van der Waals surface area (Å²) in [7, 11) is 0. The van der Waals surface area contributed by atoms with Crippen molar-refractivity contribution >= 4 is 17.2 Å². The number of benzene rings is 1. The number of hydrogen-bond acceptors (Lipinski definition) is 2. The van der Waals surface area contributed by atoms with E-state index in [0.29, 0.717) is 11.6 Å². The fourth-order valence-electron chi connectivity index (χ4n) is 2.41. The third-order valence-corrected chi connectivity index (χ3v) is 3.68. The van der Waals surface area contributed by atoms with E-state index in [1.807, 2.05) is 22.7 Å². The molecule has 3 aromatic rings. The lowest BCUT2D eigenvalue weighted by Gasteiger charge is -2.05. The second-order valence-electron chi connectivity index (χ2n) is 4.86. The van der Waals surface area contributed by atoms with Gasteiger partial charge in [0.2, 0.25) is 0 Å². The molecule has 20 heavy (non-hydrogen) atoms. The van der Waals surface area contributed by atoms with Crippen molar-refractivity contribution in [2.75, 3.05) is 6.54 Å². The highest BCUT2D eigenvalue weighted by Gasteiger charge is 2.14. The van der Waals surface area contributed by atoms with Crippen LogP contribution < -0.4 is 5.73 Å². The SMILES string of the molecule is Cc1ccc(-c2c(CCN)nc3c(Cl)cccn23)cc1. The summed E-state index contributed by atoms with van der Waals surface area (Å²) in [6.45, 7) is 2.65. The Bertz CT molecular complexity index is 744. The summed E-state index contributed by atoms with van der Waals surface area (Å²) >= 11 is 6.24. The highest BCUT2D eigenvalue weighted by atomic mass is 35.5. The van der Waals surface area contributed by atoms with Crippen LogP contribution in [0.3, 0.4) is 0 Å². The predicted molar refractivity (Wildman–Crippen MR) is 83.1 cm³/mol. The molecule has 0 aliphatic carbocycles. The number of rotatable bonds is 3. The van der Waals surface area contributed by atoms with E-state index in [9.17, 15) is 0 Å². The van der Waals surface area contributed by atoms with E-state index in [1.54, 1.807) is 0 Å². The van der Waals surface area contributed by atoms with Crippen LogP contribution in [0.4, 0.5) is 0 Å². The van der Waals surface area contributed by atoms with E-state index in [0.717, 1.165) is 29.0 Å². The molecule has 2 aromatic heterocycles. The molecule has 2 heterocycles. The lowest BCUT2D eigenvalue weighted by molar-refractivity contribution is 0.939. The number of hydrogen-bond donors (Lipinski definition) is 1. The Morgan fingerprint density at radius 2 is 1.95 bits per heavy atom. The smallest absolute Gasteiger partial charge is 0.156 e. The molecular formula is C16H16ClN3. The van der Waals surface area contributed by atoms with Gasteiger partial charge in [0.25, 0.3) is 0 Å². The lowest BCUT2D eigenvalue weighted by atomic mass is 10.1. The van der Waals surface area contributed by atoms with Crippen molar-refractivity contribution in [3.63, 3.8) is 0 Å². The van der Waals surface area contributed by atoms with Gasteiger partial charge < -0.3 is 5.73 Å². The van der Waals surface area contributed by atoms with E-state index in [2.05, 4.69) is 36.2 Å². The zero-order valence-corrected chi connectivity index (χ0v) is 12.1. The van der Waals surface area contributed by atoms with Gasteiger partial charge in [-0.25, -0.2) is 4.98 Å². The first-order chi connectivity index (χ1) is 9.70. The minimum Gasteiger partial charge on any atom is -0.330 e. The van der Waals surface area contributed by atoms with Crippen molar-refractivity contribution in [2.45, 2.75) is 13.3 Å². The Morgan fingerprint density at radius 3 is 2.65 bits per heavy atom. The van der Waals surface area contributed by atoms with E-state index in [1.165, 1.54) is 5.56 Å². The molecule has 3 nitrogen and oxygen atoms in total. The van der Waals surface area contributed by atoms with Gasteiger partial charge in [-0.15, -0.1) is 0 Å². The van der Waals surface area contributed by atoms with Crippen molar-refractivity contribution in [3.8, 4) is 11.3 Å². The van der Waals surface area contributed by atoms with Crippen molar-refractivity contribution < 1.29 is 0 Å². The van der Waals surface area contributed by atoms with Crippen LogP contribution in [0.15, 0.2) is 42.6 Å². The molecule has 0 saturated carbocycles. The van der Waals surface area contributed by atoms with Crippen LogP contribution in [0.1, 0.15) is 11.3 Å². The Hall–Kier alpha value is -1.84. The average Bonchev–Trinajstić information content (AvgIpc) is 2.80. The second kappa shape index (κ2) is 5.27. The molecular weight excluding hydrogens is 270 g/mol. The van der Waals surface area contributed by atoms with E-state index < -0.39 is 0 Å². The molecule has 0 aliphatic rings. The van der Waals surface area contributed by atoms with Crippen molar-refractivity contribution in [2.24, 2.45) is 5.73 Å². The summed E-state index contributed by atoms with van der Waals surface area (Å²) < 4.78 is 2.04. The maximum atomic E-state index is 6.24. The van der Waals surface area contributed by atoms with Crippen molar-refractivity contribution in [3.05, 3.63) is 58.9 Å². The van der Waals surface area contributed by atoms with Gasteiger partial charge >= 0.3 is 0 Å². The minimum absolute atomic E-state index is 0.570. The van der Waals surface area contributed by atoms with E-state index >= 15 is 0 Å². The molecule has 2 N–H and O–H groups in total. The molecule has 1 aromatic carbocycles. The normalized spacial score (nSPS) is 11.2. The number of aryl methyl sites for hydroxylation is 1. The van der Waals surface area contributed by atoms with Crippen LogP contribution >= 0.6 is 11.6 Å². The van der Waals surface area contributed by atoms with E-state index in [-0.39, 0.29) is 0 Å². The topological polar surface area (TPSA) is 43.3 Å². The van der Waals surface area contributed by atoms with Crippen LogP contribution in [-0.2, 0) is 6.42 Å². The van der Waals surface area contributed by atoms with Gasteiger partial charge in [0.1, 0.15) is 0 Å². The molecule has 0 atom stereocenters. The lowest BCUT2D eigenvalue weighted by Crippen LogP contribution is -2.04. The Morgan fingerprint density at radius 1 is 1.20 bits per heavy atom. The van der Waals surface area contributed by atoms with Crippen LogP contribution in [0.2, 0.25) is 5.02 Å². The number of nitrogens with two attached hydrogens (primary N) is 1. The molecule has 0 bridgehead atoms. The fourth-order valence-corrected chi connectivity index (χ4v) is 2.62. The summed E-state index contributed by atoms with van der Waals surface area (Å²) in [5.41, 5.74) is 10.9. The molecule has 4 heteroatoms. The third-order valence-electron chi connectivity index (χ3n) is 3.38. The van der Waals surface area contributed by atoms with Gasteiger partial charge in [0, 0.05) is 18.2 Å². The molecule has 0 radical (unpaired) electrons. The Balaban J connectivity index is 2.28. The second-order valence-corrected chi connectivity index (χ2v) is 5.27. The monoisotopic (exact) mass is 285 g/mol. The summed E-state index contributed by atoms with van der Waals surface area (Å²) in [6, 6.07) is 12.2. The standard InChI is InChI=1S/C16H16ClN3/c1-11-4-6-12(7-5-11)15-14(8-9-18)19-16-13(17)3-2-10-20(15)16/h2-7,10H,8-9,18H2,1H3. The summed E-state index contributed by atoms with van der Waals surface area (Å²) in [6.07, 6.45) is 2.73. The summed E-state index contributed by atoms with van der Waals surface area (Å²) in [5.74, 6) is 0. The minimum atomic E-state index is 0.570. The van der Waals surface area contributed by atoms with Crippen LogP contribution in [-0.4, -0.2) is 15.9 Å². The third kappa shape index (κ3) is 2.19. The number of fused-ring (bicyclic) bond motifs is 1. The zero-order chi connectivity index (χ0) is 14.1. The average molecular weight is 286 g/mol. The van der Waals surface area contributed by atoms with Gasteiger partial charge in [0.05, 0.1) is 16.4 Å². The Kier molecular flexibility index (Phi) is 3.47. The number of aromatic nitrogens is 2. The summed E-state index contributed by atoms with van der Waals surface area (Å²) in [4.78, 5) is 4.65. The van der Waals surface area contributed by atoms with Gasteiger partial charge in [0.15, 0.2) is 5.65 Å². The first-order valence-electron chi connectivity index (χ1n) is 6.63. The molecule has 3 rings (SSSR count). The first kappa shape index (κ1) is 13.2. The quantitative estimate of drug-likeness (QED) is 0.801. The van der Waals surface area contributed by atoms with Gasteiger partial charge in [-0.05, 0) is 25.6 Å². The highest BCUT2D eigenvalue weighted by molar-refractivity contribution is 6.33. The van der Waals surface area contributed by atoms with Gasteiger partial charge in [-0.3, -0.25) is 4.40 Å². The molecule has 0 saturated heterocycles. The molecule has 0 aliphatic heterocycles. The van der Waals surface area contributed by atoms with E-state index in [4.69, 9.17) is 17.3 Å². The van der Waals surface area contributed by atoms with Gasteiger partial charge in [-0.1, -0.05) is 41.4 Å². The Labute approximate surface area is 123 Å². The maximum absolute atomic E-state index is 6.24. The number of pyridine rings is 1.